The SMILES string of the molecule is CCCCSc1nnc(NC(=O)c2cc(Br)cs2)s1. The summed E-state index contributed by atoms with van der Waals surface area (Å²) in [6, 6.07) is 1.79. The van der Waals surface area contributed by atoms with Gasteiger partial charge in [-0.25, -0.2) is 0 Å². The van der Waals surface area contributed by atoms with Crippen LogP contribution in [0.1, 0.15) is 29.4 Å². The Hall–Kier alpha value is -0.440. The molecule has 0 aliphatic carbocycles. The number of nitrogens with zero attached hydrogens (tertiary/aromatic N) is 2. The summed E-state index contributed by atoms with van der Waals surface area (Å²) in [6.07, 6.45) is 2.33. The maximum atomic E-state index is 11.9. The van der Waals surface area contributed by atoms with Crippen LogP contribution in [-0.2, 0) is 0 Å². The van der Waals surface area contributed by atoms with Crippen LogP contribution in [0.5, 0.6) is 0 Å². The molecule has 2 aromatic rings. The van der Waals surface area contributed by atoms with Gasteiger partial charge in [0.1, 0.15) is 0 Å². The molecule has 0 fully saturated rings. The molecule has 0 aromatic carbocycles. The molecule has 0 unspecified atom stereocenters. The number of nitrogens with one attached hydrogen (secondary N) is 1. The smallest absolute Gasteiger partial charge is 0.267 e. The molecule has 0 aliphatic heterocycles. The van der Waals surface area contributed by atoms with Gasteiger partial charge in [-0.1, -0.05) is 36.4 Å². The van der Waals surface area contributed by atoms with E-state index in [-0.39, 0.29) is 5.91 Å². The first-order chi connectivity index (χ1) is 9.19. The summed E-state index contributed by atoms with van der Waals surface area (Å²) in [5, 5.41) is 13.2. The number of carbonyl (C=O) groups excluding carboxylic acids is 1. The molecule has 0 radical (unpaired) electrons. The molecule has 0 bridgehead atoms. The lowest BCUT2D eigenvalue weighted by Crippen LogP contribution is -2.09. The summed E-state index contributed by atoms with van der Waals surface area (Å²) in [7, 11) is 0. The van der Waals surface area contributed by atoms with Crippen molar-refractivity contribution in [2.24, 2.45) is 0 Å². The molecule has 0 saturated carbocycles. The first kappa shape index (κ1) is 15.0. The second-order valence-electron chi connectivity index (χ2n) is 3.66. The molecule has 1 amide bonds. The zero-order chi connectivity index (χ0) is 13.7. The Morgan fingerprint density at radius 3 is 3.05 bits per heavy atom. The Morgan fingerprint density at radius 2 is 2.37 bits per heavy atom. The van der Waals surface area contributed by atoms with Crippen LogP contribution in [-0.4, -0.2) is 21.9 Å². The van der Waals surface area contributed by atoms with Crippen molar-refractivity contribution in [2.45, 2.75) is 24.1 Å². The molecule has 1 N–H and O–H groups in total. The van der Waals surface area contributed by atoms with Crippen molar-refractivity contribution in [1.82, 2.24) is 10.2 Å². The molecule has 4 nitrogen and oxygen atoms in total. The van der Waals surface area contributed by atoms with Gasteiger partial charge in [-0.3, -0.25) is 10.1 Å². The highest BCUT2D eigenvalue weighted by Gasteiger charge is 2.12. The number of hydrogen-bond acceptors (Lipinski definition) is 6. The highest BCUT2D eigenvalue weighted by molar-refractivity contribution is 9.10. The molecule has 0 atom stereocenters. The number of hydrogen-bond donors (Lipinski definition) is 1. The summed E-state index contributed by atoms with van der Waals surface area (Å²) in [5.41, 5.74) is 0. The molecule has 2 rings (SSSR count). The number of amides is 1. The van der Waals surface area contributed by atoms with Gasteiger partial charge in [0.2, 0.25) is 5.13 Å². The minimum atomic E-state index is -0.142. The minimum absolute atomic E-state index is 0.142. The lowest BCUT2D eigenvalue weighted by atomic mass is 10.4. The number of carbonyl (C=O) groups is 1. The fourth-order valence-corrected chi connectivity index (χ4v) is 4.44. The number of rotatable bonds is 6. The highest BCUT2D eigenvalue weighted by Crippen LogP contribution is 2.27. The number of unbranched alkanes of at least 4 members (excludes halogenated alkanes) is 1. The Labute approximate surface area is 132 Å². The average molecular weight is 378 g/mol. The summed E-state index contributed by atoms with van der Waals surface area (Å²) < 4.78 is 1.81. The zero-order valence-corrected chi connectivity index (χ0v) is 14.2. The van der Waals surface area contributed by atoms with Crippen molar-refractivity contribution < 1.29 is 4.79 Å². The van der Waals surface area contributed by atoms with Gasteiger partial charge >= 0.3 is 0 Å². The van der Waals surface area contributed by atoms with Crippen molar-refractivity contribution in [3.63, 3.8) is 0 Å². The number of halogens is 1. The highest BCUT2D eigenvalue weighted by atomic mass is 79.9. The van der Waals surface area contributed by atoms with Crippen LogP contribution in [0.4, 0.5) is 5.13 Å². The molecule has 8 heteroatoms. The quantitative estimate of drug-likeness (QED) is 0.457. The van der Waals surface area contributed by atoms with Crippen LogP contribution in [0.2, 0.25) is 0 Å². The number of thiophene rings is 1. The molecule has 0 saturated heterocycles. The lowest BCUT2D eigenvalue weighted by Gasteiger charge is -1.96. The Bertz CT molecular complexity index is 555. The van der Waals surface area contributed by atoms with Crippen LogP contribution >= 0.6 is 50.4 Å². The van der Waals surface area contributed by atoms with Crippen LogP contribution in [0.15, 0.2) is 20.3 Å². The molecule has 102 valence electrons. The molecule has 2 heterocycles. The standard InChI is InChI=1S/C11H12BrN3OS3/c1-2-3-4-17-11-15-14-10(19-11)13-9(16)8-5-7(12)6-18-8/h5-6H,2-4H2,1H3,(H,13,14,16). The second-order valence-corrected chi connectivity index (χ2v) is 7.80. The number of thioether (sulfide) groups is 1. The monoisotopic (exact) mass is 377 g/mol. The Kier molecular flexibility index (Phi) is 5.80. The van der Waals surface area contributed by atoms with E-state index in [9.17, 15) is 4.79 Å². The van der Waals surface area contributed by atoms with E-state index < -0.39 is 0 Å². The summed E-state index contributed by atoms with van der Waals surface area (Å²) >= 11 is 7.82. The van der Waals surface area contributed by atoms with Gasteiger partial charge in [0.25, 0.3) is 5.91 Å². The van der Waals surface area contributed by atoms with Gasteiger partial charge in [0.15, 0.2) is 4.34 Å². The van der Waals surface area contributed by atoms with Gasteiger partial charge in [-0.05, 0) is 28.4 Å². The normalized spacial score (nSPS) is 10.6. The second kappa shape index (κ2) is 7.37. The predicted octanol–water partition coefficient (Wildman–Crippen LogP) is 4.51. The van der Waals surface area contributed by atoms with Crippen LogP contribution in [0.25, 0.3) is 0 Å². The third kappa shape index (κ3) is 4.55. The van der Waals surface area contributed by atoms with Gasteiger partial charge in [0, 0.05) is 15.6 Å². The fourth-order valence-electron chi connectivity index (χ4n) is 1.21. The van der Waals surface area contributed by atoms with E-state index in [1.54, 1.807) is 17.8 Å². The topological polar surface area (TPSA) is 54.9 Å². The van der Waals surface area contributed by atoms with Gasteiger partial charge < -0.3 is 0 Å². The molecule has 2 aromatic heterocycles. The van der Waals surface area contributed by atoms with E-state index in [1.807, 2.05) is 5.38 Å². The number of aromatic nitrogens is 2. The first-order valence-electron chi connectivity index (χ1n) is 5.70. The predicted molar refractivity (Wildman–Crippen MR) is 85.5 cm³/mol. The van der Waals surface area contributed by atoms with Crippen molar-refractivity contribution in [3.8, 4) is 0 Å². The van der Waals surface area contributed by atoms with Crippen molar-refractivity contribution in [2.75, 3.05) is 11.1 Å². The molecule has 0 spiro atoms. The van der Waals surface area contributed by atoms with Crippen molar-refractivity contribution in [1.29, 1.82) is 0 Å². The molecular formula is C11H12BrN3OS3. The van der Waals surface area contributed by atoms with E-state index in [2.05, 4.69) is 38.4 Å². The van der Waals surface area contributed by atoms with Gasteiger partial charge in [-0.15, -0.1) is 21.5 Å². The van der Waals surface area contributed by atoms with Crippen LogP contribution < -0.4 is 5.32 Å². The van der Waals surface area contributed by atoms with Crippen LogP contribution in [0, 0.1) is 0 Å². The maximum Gasteiger partial charge on any atom is 0.267 e. The third-order valence-electron chi connectivity index (χ3n) is 2.14. The van der Waals surface area contributed by atoms with E-state index >= 15 is 0 Å². The summed E-state index contributed by atoms with van der Waals surface area (Å²) in [6.45, 7) is 2.16. The van der Waals surface area contributed by atoms with Crippen molar-refractivity contribution >= 4 is 61.4 Å². The average Bonchev–Trinajstić information content (AvgIpc) is 2.99. The van der Waals surface area contributed by atoms with Crippen LogP contribution in [0.3, 0.4) is 0 Å². The maximum absolute atomic E-state index is 11.9. The Balaban J connectivity index is 1.90. The Morgan fingerprint density at radius 1 is 1.53 bits per heavy atom. The minimum Gasteiger partial charge on any atom is -0.296 e. The van der Waals surface area contributed by atoms with E-state index in [0.717, 1.165) is 21.0 Å². The lowest BCUT2D eigenvalue weighted by molar-refractivity contribution is 0.103. The third-order valence-corrected chi connectivity index (χ3v) is 5.89. The summed E-state index contributed by atoms with van der Waals surface area (Å²) in [4.78, 5) is 12.6. The van der Waals surface area contributed by atoms with Gasteiger partial charge in [0.05, 0.1) is 4.88 Å². The van der Waals surface area contributed by atoms with Gasteiger partial charge in [-0.2, -0.15) is 0 Å². The molecule has 0 aliphatic rings. The molecular weight excluding hydrogens is 366 g/mol. The largest absolute Gasteiger partial charge is 0.296 e. The first-order valence-corrected chi connectivity index (χ1v) is 9.18. The zero-order valence-electron chi connectivity index (χ0n) is 10.2. The van der Waals surface area contributed by atoms with Crippen molar-refractivity contribution in [3.05, 3.63) is 20.8 Å². The number of anilines is 1. The van der Waals surface area contributed by atoms with E-state index in [4.69, 9.17) is 0 Å². The van der Waals surface area contributed by atoms with E-state index in [0.29, 0.717) is 10.0 Å². The van der Waals surface area contributed by atoms with E-state index in [1.165, 1.54) is 29.1 Å². The fraction of sp³-hybridized carbons (Fsp3) is 0.364. The summed E-state index contributed by atoms with van der Waals surface area (Å²) in [5.74, 6) is 0.897. The molecule has 19 heavy (non-hydrogen) atoms.